The molecule has 0 aromatic heterocycles. The van der Waals surface area contributed by atoms with Crippen molar-refractivity contribution in [2.75, 3.05) is 26.2 Å². The zero-order valence-electron chi connectivity index (χ0n) is 18.1. The van der Waals surface area contributed by atoms with Gasteiger partial charge in [-0.2, -0.15) is 0 Å². The molecule has 6 fully saturated rings. The van der Waals surface area contributed by atoms with Crippen molar-refractivity contribution in [3.63, 3.8) is 0 Å². The third-order valence-corrected chi connectivity index (χ3v) is 9.11. The van der Waals surface area contributed by atoms with Gasteiger partial charge in [-0.1, -0.05) is 0 Å². The first-order valence-corrected chi connectivity index (χ1v) is 12.3. The van der Waals surface area contributed by atoms with E-state index in [4.69, 9.17) is 0 Å². The number of amides is 1. The minimum atomic E-state index is 0.231. The van der Waals surface area contributed by atoms with Gasteiger partial charge in [-0.25, -0.2) is 0 Å². The van der Waals surface area contributed by atoms with Crippen molar-refractivity contribution >= 4 is 5.91 Å². The highest BCUT2D eigenvalue weighted by molar-refractivity contribution is 5.79. The Bertz CT molecular complexity index is 540. The Morgan fingerprint density at radius 2 is 1.54 bits per heavy atom. The van der Waals surface area contributed by atoms with Crippen LogP contribution in [0.5, 0.6) is 0 Å². The molecule has 4 heteroatoms. The quantitative estimate of drug-likeness (QED) is 0.802. The highest BCUT2D eigenvalue weighted by Gasteiger charge is 2.49. The molecule has 28 heavy (non-hydrogen) atoms. The molecule has 1 N–H and O–H groups in total. The van der Waals surface area contributed by atoms with Crippen LogP contribution in [-0.2, 0) is 4.79 Å². The van der Waals surface area contributed by atoms with Gasteiger partial charge in [0.15, 0.2) is 0 Å². The molecule has 0 spiro atoms. The van der Waals surface area contributed by atoms with E-state index in [1.54, 1.807) is 0 Å². The van der Waals surface area contributed by atoms with Crippen molar-refractivity contribution in [2.45, 2.75) is 89.8 Å². The topological polar surface area (TPSA) is 35.6 Å². The third-order valence-electron chi connectivity index (χ3n) is 9.11. The maximum atomic E-state index is 13.2. The maximum absolute atomic E-state index is 13.2. The molecule has 4 saturated carbocycles. The lowest BCUT2D eigenvalue weighted by Crippen LogP contribution is -2.58. The number of hydrogen-bond donors (Lipinski definition) is 1. The van der Waals surface area contributed by atoms with Crippen molar-refractivity contribution < 1.29 is 4.79 Å². The van der Waals surface area contributed by atoms with Gasteiger partial charge in [0, 0.05) is 24.7 Å². The number of nitrogens with one attached hydrogen (secondary N) is 1. The SMILES string of the molecule is CC(C)N1CCC(N2CCC[C@H](C(=O)NC3C4CC5CC(C4)CC3C5)C2)CC1. The highest BCUT2D eigenvalue weighted by Crippen LogP contribution is 2.53. The van der Waals surface area contributed by atoms with Gasteiger partial charge in [-0.3, -0.25) is 9.69 Å². The minimum Gasteiger partial charge on any atom is -0.353 e. The van der Waals surface area contributed by atoms with E-state index < -0.39 is 0 Å². The van der Waals surface area contributed by atoms with Crippen molar-refractivity contribution in [1.29, 1.82) is 0 Å². The minimum absolute atomic E-state index is 0.231. The Balaban J connectivity index is 1.15. The second-order valence-electron chi connectivity index (χ2n) is 11.2. The first kappa shape index (κ1) is 19.4. The molecule has 2 saturated heterocycles. The summed E-state index contributed by atoms with van der Waals surface area (Å²) in [5.41, 5.74) is 0. The van der Waals surface area contributed by atoms with Crippen LogP contribution in [0.1, 0.15) is 71.6 Å². The third kappa shape index (κ3) is 3.76. The van der Waals surface area contributed by atoms with Crippen LogP contribution >= 0.6 is 0 Å². The Morgan fingerprint density at radius 3 is 2.14 bits per heavy atom. The van der Waals surface area contributed by atoms with Gasteiger partial charge in [0.25, 0.3) is 0 Å². The van der Waals surface area contributed by atoms with Crippen LogP contribution in [-0.4, -0.2) is 60.0 Å². The predicted octanol–water partition coefficient (Wildman–Crippen LogP) is 3.51. The van der Waals surface area contributed by atoms with Crippen LogP contribution in [0.25, 0.3) is 0 Å². The first-order valence-electron chi connectivity index (χ1n) is 12.3. The first-order chi connectivity index (χ1) is 13.6. The molecule has 0 unspecified atom stereocenters. The van der Waals surface area contributed by atoms with Crippen molar-refractivity contribution in [1.82, 2.24) is 15.1 Å². The molecule has 0 aromatic rings. The number of rotatable bonds is 4. The number of carbonyl (C=O) groups excluding carboxylic acids is 1. The summed E-state index contributed by atoms with van der Waals surface area (Å²) < 4.78 is 0. The number of piperidine rings is 2. The molecule has 4 nitrogen and oxygen atoms in total. The molecule has 1 amide bonds. The Labute approximate surface area is 171 Å². The molecule has 1 atom stereocenters. The molecule has 6 rings (SSSR count). The summed E-state index contributed by atoms with van der Waals surface area (Å²) in [5, 5.41) is 3.60. The van der Waals surface area contributed by atoms with Gasteiger partial charge in [0.2, 0.25) is 5.91 Å². The van der Waals surface area contributed by atoms with Gasteiger partial charge in [-0.15, -0.1) is 0 Å². The molecule has 6 aliphatic rings. The van der Waals surface area contributed by atoms with Crippen LogP contribution < -0.4 is 5.32 Å². The molecule has 0 aromatic carbocycles. The molecular formula is C24H41N3O. The monoisotopic (exact) mass is 387 g/mol. The van der Waals surface area contributed by atoms with E-state index in [2.05, 4.69) is 29.0 Å². The van der Waals surface area contributed by atoms with Gasteiger partial charge >= 0.3 is 0 Å². The van der Waals surface area contributed by atoms with Crippen LogP contribution in [0.15, 0.2) is 0 Å². The van der Waals surface area contributed by atoms with Crippen LogP contribution in [0.4, 0.5) is 0 Å². The smallest absolute Gasteiger partial charge is 0.224 e. The Morgan fingerprint density at radius 1 is 0.893 bits per heavy atom. The summed E-state index contributed by atoms with van der Waals surface area (Å²) in [4.78, 5) is 18.5. The molecule has 4 aliphatic carbocycles. The molecule has 2 heterocycles. The lowest BCUT2D eigenvalue weighted by molar-refractivity contribution is -0.131. The lowest BCUT2D eigenvalue weighted by Gasteiger charge is -2.54. The molecule has 4 bridgehead atoms. The number of hydrogen-bond acceptors (Lipinski definition) is 3. The second-order valence-corrected chi connectivity index (χ2v) is 11.2. The van der Waals surface area contributed by atoms with Gasteiger partial charge in [0.1, 0.15) is 0 Å². The second kappa shape index (κ2) is 7.91. The Kier molecular flexibility index (Phi) is 5.47. The van der Waals surface area contributed by atoms with Crippen molar-refractivity contribution in [3.05, 3.63) is 0 Å². The molecule has 0 radical (unpaired) electrons. The van der Waals surface area contributed by atoms with Crippen LogP contribution in [0.3, 0.4) is 0 Å². The van der Waals surface area contributed by atoms with E-state index in [0.717, 1.165) is 36.6 Å². The van der Waals surface area contributed by atoms with Crippen molar-refractivity contribution in [2.24, 2.45) is 29.6 Å². The van der Waals surface area contributed by atoms with Gasteiger partial charge in [-0.05, 0) is 115 Å². The van der Waals surface area contributed by atoms with Gasteiger partial charge < -0.3 is 10.2 Å². The van der Waals surface area contributed by atoms with E-state index in [0.29, 0.717) is 24.0 Å². The standard InChI is InChI=1S/C24H41N3O/c1-16(2)26-8-5-22(6-9-26)27-7-3-4-19(15-27)24(28)25-23-20-11-17-10-18(13-20)14-21(23)12-17/h16-23H,3-15H2,1-2H3,(H,25,28)/t17?,18?,19-,20?,21?,23?/m0/s1. The lowest BCUT2D eigenvalue weighted by atomic mass is 9.54. The fourth-order valence-electron chi connectivity index (χ4n) is 7.76. The summed E-state index contributed by atoms with van der Waals surface area (Å²) >= 11 is 0. The fourth-order valence-corrected chi connectivity index (χ4v) is 7.76. The normalized spacial score (nSPS) is 42.2. The van der Waals surface area contributed by atoms with E-state index in [9.17, 15) is 4.79 Å². The predicted molar refractivity (Wildman–Crippen MR) is 113 cm³/mol. The average Bonchev–Trinajstić information content (AvgIpc) is 2.70. The number of nitrogens with zero attached hydrogens (tertiary/aromatic N) is 2. The Hall–Kier alpha value is -0.610. The number of likely N-dealkylation sites (tertiary alicyclic amines) is 2. The van der Waals surface area contributed by atoms with E-state index >= 15 is 0 Å². The number of carbonyl (C=O) groups is 1. The maximum Gasteiger partial charge on any atom is 0.224 e. The summed E-state index contributed by atoms with van der Waals surface area (Å²) in [5.74, 6) is 4.17. The van der Waals surface area contributed by atoms with Crippen molar-refractivity contribution in [3.8, 4) is 0 Å². The summed E-state index contributed by atoms with van der Waals surface area (Å²) in [6.07, 6.45) is 11.9. The van der Waals surface area contributed by atoms with Crippen LogP contribution in [0.2, 0.25) is 0 Å². The van der Waals surface area contributed by atoms with E-state index in [1.165, 1.54) is 71.0 Å². The van der Waals surface area contributed by atoms with Gasteiger partial charge in [0.05, 0.1) is 5.92 Å². The van der Waals surface area contributed by atoms with E-state index in [1.807, 2.05) is 0 Å². The molecule has 2 aliphatic heterocycles. The average molecular weight is 388 g/mol. The summed E-state index contributed by atoms with van der Waals surface area (Å²) in [6.45, 7) is 9.28. The highest BCUT2D eigenvalue weighted by atomic mass is 16.2. The fraction of sp³-hybridized carbons (Fsp3) is 0.958. The van der Waals surface area contributed by atoms with Crippen LogP contribution in [0, 0.1) is 29.6 Å². The summed E-state index contributed by atoms with van der Waals surface area (Å²) in [7, 11) is 0. The summed E-state index contributed by atoms with van der Waals surface area (Å²) in [6, 6.07) is 1.87. The molecular weight excluding hydrogens is 346 g/mol. The largest absolute Gasteiger partial charge is 0.353 e. The zero-order valence-corrected chi connectivity index (χ0v) is 18.1. The van der Waals surface area contributed by atoms with E-state index in [-0.39, 0.29) is 5.92 Å². The zero-order chi connectivity index (χ0) is 19.3. The molecule has 158 valence electrons.